The molecule has 0 spiro atoms. The number of rotatable bonds is 2. The fraction of sp³-hybridized carbons (Fsp3) is 0.667. The molecule has 1 aliphatic rings. The number of carbonyl (C=O) groups excluding carboxylic acids is 1. The van der Waals surface area contributed by atoms with Crippen LogP contribution in [0.5, 0.6) is 0 Å². The fourth-order valence-corrected chi connectivity index (χ4v) is 2.87. The Kier molecular flexibility index (Phi) is 3.86. The normalized spacial score (nSPS) is 24.6. The molecule has 0 radical (unpaired) electrons. The predicted octanol–water partition coefficient (Wildman–Crippen LogP) is 3.19. The maximum atomic E-state index is 11.4. The third kappa shape index (κ3) is 2.54. The van der Waals surface area contributed by atoms with Gasteiger partial charge in [0.2, 0.25) is 0 Å². The molecule has 2 rings (SSSR count). The van der Waals surface area contributed by atoms with Crippen molar-refractivity contribution in [3.63, 3.8) is 0 Å². The smallest absolute Gasteiger partial charge is 0.308 e. The van der Waals surface area contributed by atoms with Crippen molar-refractivity contribution in [3.8, 4) is 0 Å². The first-order valence-electron chi connectivity index (χ1n) is 5.83. The van der Waals surface area contributed by atoms with Gasteiger partial charge >= 0.3 is 5.97 Å². The standard InChI is InChI=1S/C12H16BrNO3/c1-7-10(13)11(14-17-7)8-3-5-9(6-4-8)12(15)16-2/h8-9H,3-6H2,1-2H3/t8-,9-. The van der Waals surface area contributed by atoms with Crippen molar-refractivity contribution in [1.82, 2.24) is 5.16 Å². The molecular weight excluding hydrogens is 286 g/mol. The van der Waals surface area contributed by atoms with Gasteiger partial charge in [-0.15, -0.1) is 0 Å². The lowest BCUT2D eigenvalue weighted by Gasteiger charge is -2.25. The van der Waals surface area contributed by atoms with Gasteiger partial charge in [0.15, 0.2) is 0 Å². The Morgan fingerprint density at radius 2 is 2.06 bits per heavy atom. The number of hydrogen-bond acceptors (Lipinski definition) is 4. The topological polar surface area (TPSA) is 52.3 Å². The molecule has 1 fully saturated rings. The van der Waals surface area contributed by atoms with Crippen LogP contribution in [0.15, 0.2) is 9.00 Å². The molecule has 0 atom stereocenters. The maximum Gasteiger partial charge on any atom is 0.308 e. The van der Waals surface area contributed by atoms with E-state index in [9.17, 15) is 4.79 Å². The van der Waals surface area contributed by atoms with E-state index in [0.717, 1.165) is 41.6 Å². The average molecular weight is 302 g/mol. The van der Waals surface area contributed by atoms with E-state index in [2.05, 4.69) is 21.1 Å². The largest absolute Gasteiger partial charge is 0.469 e. The highest BCUT2D eigenvalue weighted by Crippen LogP contribution is 2.39. The Hall–Kier alpha value is -0.840. The Balaban J connectivity index is 2.00. The summed E-state index contributed by atoms with van der Waals surface area (Å²) in [6, 6.07) is 0. The first-order valence-corrected chi connectivity index (χ1v) is 6.62. The second kappa shape index (κ2) is 5.21. The quantitative estimate of drug-likeness (QED) is 0.787. The number of hydrogen-bond donors (Lipinski definition) is 0. The van der Waals surface area contributed by atoms with Crippen LogP contribution in [0.25, 0.3) is 0 Å². The van der Waals surface area contributed by atoms with Crippen molar-refractivity contribution in [2.75, 3.05) is 7.11 Å². The van der Waals surface area contributed by atoms with Gasteiger partial charge in [0, 0.05) is 5.92 Å². The number of nitrogens with zero attached hydrogens (tertiary/aromatic N) is 1. The first kappa shape index (κ1) is 12.6. The summed E-state index contributed by atoms with van der Waals surface area (Å²) in [6.45, 7) is 1.89. The molecule has 0 saturated heterocycles. The van der Waals surface area contributed by atoms with Gasteiger partial charge in [-0.25, -0.2) is 0 Å². The van der Waals surface area contributed by atoms with Gasteiger partial charge in [-0.05, 0) is 48.5 Å². The van der Waals surface area contributed by atoms with Crippen LogP contribution in [0.1, 0.15) is 43.1 Å². The number of carbonyl (C=O) groups is 1. The fourth-order valence-electron chi connectivity index (χ4n) is 2.40. The van der Waals surface area contributed by atoms with Crippen molar-refractivity contribution in [1.29, 1.82) is 0 Å². The van der Waals surface area contributed by atoms with Crippen molar-refractivity contribution < 1.29 is 14.1 Å². The monoisotopic (exact) mass is 301 g/mol. The molecule has 0 unspecified atom stereocenters. The van der Waals surface area contributed by atoms with Gasteiger partial charge in [0.05, 0.1) is 17.5 Å². The van der Waals surface area contributed by atoms with Gasteiger partial charge in [-0.1, -0.05) is 5.16 Å². The minimum atomic E-state index is -0.0844. The van der Waals surface area contributed by atoms with Gasteiger partial charge < -0.3 is 9.26 Å². The summed E-state index contributed by atoms with van der Waals surface area (Å²) in [7, 11) is 1.45. The number of halogens is 1. The molecule has 94 valence electrons. The molecule has 4 nitrogen and oxygen atoms in total. The van der Waals surface area contributed by atoms with Crippen molar-refractivity contribution in [2.45, 2.75) is 38.5 Å². The van der Waals surface area contributed by atoms with Crippen molar-refractivity contribution >= 4 is 21.9 Å². The Labute approximate surface area is 109 Å². The van der Waals surface area contributed by atoms with E-state index in [1.54, 1.807) is 0 Å². The number of esters is 1. The molecule has 0 aliphatic heterocycles. The highest BCUT2D eigenvalue weighted by molar-refractivity contribution is 9.10. The number of aromatic nitrogens is 1. The molecule has 1 heterocycles. The Morgan fingerprint density at radius 3 is 2.53 bits per heavy atom. The number of aryl methyl sites for hydroxylation is 1. The van der Waals surface area contributed by atoms with Crippen LogP contribution in [0.4, 0.5) is 0 Å². The zero-order valence-electron chi connectivity index (χ0n) is 10.0. The van der Waals surface area contributed by atoms with E-state index >= 15 is 0 Å². The van der Waals surface area contributed by atoms with Crippen molar-refractivity contribution in [2.24, 2.45) is 5.92 Å². The van der Waals surface area contributed by atoms with E-state index in [-0.39, 0.29) is 11.9 Å². The minimum absolute atomic E-state index is 0.0584. The summed E-state index contributed by atoms with van der Waals surface area (Å²) < 4.78 is 10.9. The van der Waals surface area contributed by atoms with Crippen LogP contribution in [0.2, 0.25) is 0 Å². The van der Waals surface area contributed by atoms with Gasteiger partial charge in [-0.2, -0.15) is 0 Å². The first-order chi connectivity index (χ1) is 8.13. The molecule has 0 aromatic carbocycles. The summed E-state index contributed by atoms with van der Waals surface area (Å²) in [5.41, 5.74) is 0.991. The second-order valence-electron chi connectivity index (χ2n) is 4.51. The molecule has 0 amide bonds. The van der Waals surface area contributed by atoms with Crippen LogP contribution in [0.3, 0.4) is 0 Å². The second-order valence-corrected chi connectivity index (χ2v) is 5.30. The minimum Gasteiger partial charge on any atom is -0.469 e. The lowest BCUT2D eigenvalue weighted by Crippen LogP contribution is -2.22. The highest BCUT2D eigenvalue weighted by atomic mass is 79.9. The van der Waals surface area contributed by atoms with Gasteiger partial charge in [0.25, 0.3) is 0 Å². The Morgan fingerprint density at radius 1 is 1.41 bits per heavy atom. The van der Waals surface area contributed by atoms with Gasteiger partial charge in [-0.3, -0.25) is 4.79 Å². The van der Waals surface area contributed by atoms with E-state index < -0.39 is 0 Å². The molecular formula is C12H16BrNO3. The van der Waals surface area contributed by atoms with E-state index in [1.165, 1.54) is 7.11 Å². The summed E-state index contributed by atoms with van der Waals surface area (Å²) in [6.07, 6.45) is 3.67. The third-order valence-electron chi connectivity index (χ3n) is 3.46. The van der Waals surface area contributed by atoms with Crippen LogP contribution < -0.4 is 0 Å². The zero-order chi connectivity index (χ0) is 12.4. The average Bonchev–Trinajstić information content (AvgIpc) is 2.69. The summed E-state index contributed by atoms with van der Waals surface area (Å²) >= 11 is 3.50. The maximum absolute atomic E-state index is 11.4. The molecule has 1 aromatic heterocycles. The van der Waals surface area contributed by atoms with E-state index in [0.29, 0.717) is 5.92 Å². The van der Waals surface area contributed by atoms with Crippen LogP contribution in [-0.4, -0.2) is 18.2 Å². The predicted molar refractivity (Wildman–Crippen MR) is 65.7 cm³/mol. The van der Waals surface area contributed by atoms with Crippen molar-refractivity contribution in [3.05, 3.63) is 15.9 Å². The molecule has 0 N–H and O–H groups in total. The summed E-state index contributed by atoms with van der Waals surface area (Å²) in [4.78, 5) is 11.4. The molecule has 1 aromatic rings. The summed E-state index contributed by atoms with van der Waals surface area (Å²) in [5, 5.41) is 4.09. The van der Waals surface area contributed by atoms with Gasteiger partial charge in [0.1, 0.15) is 11.5 Å². The summed E-state index contributed by atoms with van der Waals surface area (Å²) in [5.74, 6) is 1.18. The SMILES string of the molecule is COC(=O)[C@H]1CC[C@H](c2noc(C)c2Br)CC1. The highest BCUT2D eigenvalue weighted by Gasteiger charge is 2.30. The number of methoxy groups -OCH3 is 1. The molecule has 1 saturated carbocycles. The van der Waals surface area contributed by atoms with Crippen LogP contribution in [0, 0.1) is 12.8 Å². The molecule has 5 heteroatoms. The molecule has 0 bridgehead atoms. The van der Waals surface area contributed by atoms with E-state index in [1.807, 2.05) is 6.92 Å². The molecule has 17 heavy (non-hydrogen) atoms. The molecule has 1 aliphatic carbocycles. The van der Waals surface area contributed by atoms with E-state index in [4.69, 9.17) is 9.26 Å². The zero-order valence-corrected chi connectivity index (χ0v) is 11.6. The lowest BCUT2D eigenvalue weighted by molar-refractivity contribution is -0.146. The Bertz CT molecular complexity index is 408. The van der Waals surface area contributed by atoms with Crippen LogP contribution in [-0.2, 0) is 9.53 Å². The number of ether oxygens (including phenoxy) is 1. The van der Waals surface area contributed by atoms with Crippen LogP contribution >= 0.6 is 15.9 Å². The third-order valence-corrected chi connectivity index (χ3v) is 4.43. The lowest BCUT2D eigenvalue weighted by atomic mass is 9.80.